The van der Waals surface area contributed by atoms with Gasteiger partial charge >= 0.3 is 0 Å². The summed E-state index contributed by atoms with van der Waals surface area (Å²) in [6.45, 7) is 4.23. The molecule has 0 saturated heterocycles. The molecular formula is C12H11ClS. The fourth-order valence-corrected chi connectivity index (χ4v) is 2.92. The van der Waals surface area contributed by atoms with Gasteiger partial charge in [-0.25, -0.2) is 0 Å². The Morgan fingerprint density at radius 1 is 1.07 bits per heavy atom. The molecule has 14 heavy (non-hydrogen) atoms. The number of halogens is 1. The lowest BCUT2D eigenvalue weighted by molar-refractivity contribution is 1.45. The van der Waals surface area contributed by atoms with Crippen molar-refractivity contribution < 1.29 is 0 Å². The molecule has 1 aromatic carbocycles. The van der Waals surface area contributed by atoms with Gasteiger partial charge < -0.3 is 0 Å². The van der Waals surface area contributed by atoms with Crippen molar-refractivity contribution in [2.24, 2.45) is 0 Å². The lowest BCUT2D eigenvalue weighted by Crippen LogP contribution is -1.80. The molecule has 0 N–H and O–H groups in total. The monoisotopic (exact) mass is 222 g/mol. The number of hydrogen-bond acceptors (Lipinski definition) is 1. The molecule has 0 aliphatic heterocycles. The molecule has 0 atom stereocenters. The molecule has 0 radical (unpaired) electrons. The molecule has 2 heteroatoms. The summed E-state index contributed by atoms with van der Waals surface area (Å²) in [5.41, 5.74) is 3.85. The molecule has 72 valence electrons. The molecule has 0 fully saturated rings. The summed E-state index contributed by atoms with van der Waals surface area (Å²) in [5, 5.41) is 0. The lowest BCUT2D eigenvalue weighted by Gasteiger charge is -2.03. The fourth-order valence-electron chi connectivity index (χ4n) is 1.54. The highest BCUT2D eigenvalue weighted by Crippen LogP contribution is 2.36. The van der Waals surface area contributed by atoms with Crippen LogP contribution in [-0.2, 0) is 0 Å². The van der Waals surface area contributed by atoms with E-state index in [1.54, 1.807) is 11.3 Å². The van der Waals surface area contributed by atoms with Crippen molar-refractivity contribution in [2.45, 2.75) is 13.8 Å². The average molecular weight is 223 g/mol. The summed E-state index contributed by atoms with van der Waals surface area (Å²) < 4.78 is 0.862. The van der Waals surface area contributed by atoms with E-state index in [1.807, 2.05) is 6.07 Å². The van der Waals surface area contributed by atoms with E-state index in [0.717, 1.165) is 4.34 Å². The smallest absolute Gasteiger partial charge is 0.0937 e. The van der Waals surface area contributed by atoms with Crippen LogP contribution < -0.4 is 0 Å². The molecule has 0 bridgehead atoms. The van der Waals surface area contributed by atoms with E-state index in [9.17, 15) is 0 Å². The van der Waals surface area contributed by atoms with Gasteiger partial charge in [-0.3, -0.25) is 0 Å². The van der Waals surface area contributed by atoms with E-state index in [2.05, 4.69) is 38.1 Å². The van der Waals surface area contributed by atoms with Crippen LogP contribution in [0.25, 0.3) is 10.4 Å². The van der Waals surface area contributed by atoms with Crippen molar-refractivity contribution in [3.05, 3.63) is 45.8 Å². The van der Waals surface area contributed by atoms with E-state index < -0.39 is 0 Å². The van der Waals surface area contributed by atoms with Gasteiger partial charge in [-0.2, -0.15) is 0 Å². The molecule has 1 heterocycles. The highest BCUT2D eigenvalue weighted by Gasteiger charge is 2.07. The van der Waals surface area contributed by atoms with Crippen LogP contribution in [0, 0.1) is 13.8 Å². The number of aryl methyl sites for hydroxylation is 2. The van der Waals surface area contributed by atoms with Crippen LogP contribution in [-0.4, -0.2) is 0 Å². The first-order chi connectivity index (χ1) is 6.68. The van der Waals surface area contributed by atoms with Gasteiger partial charge in [0.25, 0.3) is 0 Å². The first kappa shape index (κ1) is 9.75. The minimum absolute atomic E-state index is 0.862. The predicted octanol–water partition coefficient (Wildman–Crippen LogP) is 4.69. The van der Waals surface area contributed by atoms with E-state index in [-0.39, 0.29) is 0 Å². The molecule has 0 unspecified atom stereocenters. The van der Waals surface area contributed by atoms with E-state index in [4.69, 9.17) is 11.6 Å². The molecular weight excluding hydrogens is 212 g/mol. The van der Waals surface area contributed by atoms with Crippen molar-refractivity contribution >= 4 is 22.9 Å². The van der Waals surface area contributed by atoms with Crippen molar-refractivity contribution in [1.29, 1.82) is 0 Å². The quantitative estimate of drug-likeness (QED) is 0.657. The standard InChI is InChI=1S/C12H11ClS/c1-8-5-3-4-6-10(8)12-9(2)7-11(13)14-12/h3-7H,1-2H3. The molecule has 0 aliphatic carbocycles. The third-order valence-corrected chi connectivity index (χ3v) is 3.68. The van der Waals surface area contributed by atoms with Gasteiger partial charge in [0.05, 0.1) is 4.34 Å². The molecule has 0 spiro atoms. The van der Waals surface area contributed by atoms with Gasteiger partial charge in [0, 0.05) is 4.88 Å². The maximum absolute atomic E-state index is 5.99. The first-order valence-corrected chi connectivity index (χ1v) is 5.70. The largest absolute Gasteiger partial charge is 0.123 e. The van der Waals surface area contributed by atoms with Crippen molar-refractivity contribution in [3.8, 4) is 10.4 Å². The zero-order chi connectivity index (χ0) is 10.1. The molecule has 0 amide bonds. The number of thiophene rings is 1. The Hall–Kier alpha value is -0.790. The summed E-state index contributed by atoms with van der Waals surface area (Å²) >= 11 is 7.63. The Balaban J connectivity index is 2.60. The fraction of sp³-hybridized carbons (Fsp3) is 0.167. The zero-order valence-electron chi connectivity index (χ0n) is 8.17. The number of hydrogen-bond donors (Lipinski definition) is 0. The molecule has 0 saturated carbocycles. The van der Waals surface area contributed by atoms with Gasteiger partial charge in [-0.15, -0.1) is 11.3 Å². The molecule has 1 aromatic heterocycles. The highest BCUT2D eigenvalue weighted by atomic mass is 35.5. The van der Waals surface area contributed by atoms with Crippen molar-refractivity contribution in [3.63, 3.8) is 0 Å². The third kappa shape index (κ3) is 1.70. The van der Waals surface area contributed by atoms with Gasteiger partial charge in [-0.05, 0) is 36.6 Å². The van der Waals surface area contributed by atoms with Crippen LogP contribution in [0.4, 0.5) is 0 Å². The predicted molar refractivity (Wildman–Crippen MR) is 64.2 cm³/mol. The minimum atomic E-state index is 0.862. The SMILES string of the molecule is Cc1ccccc1-c1sc(Cl)cc1C. The van der Waals surface area contributed by atoms with Gasteiger partial charge in [0.15, 0.2) is 0 Å². The number of rotatable bonds is 1. The van der Waals surface area contributed by atoms with Crippen molar-refractivity contribution in [2.75, 3.05) is 0 Å². The van der Waals surface area contributed by atoms with Crippen LogP contribution in [0.5, 0.6) is 0 Å². The average Bonchev–Trinajstić information content (AvgIpc) is 2.46. The molecule has 0 aliphatic rings. The normalized spacial score (nSPS) is 10.5. The van der Waals surface area contributed by atoms with Crippen LogP contribution in [0.15, 0.2) is 30.3 Å². The Kier molecular flexibility index (Phi) is 2.62. The van der Waals surface area contributed by atoms with Gasteiger partial charge in [-0.1, -0.05) is 35.9 Å². The number of benzene rings is 1. The topological polar surface area (TPSA) is 0 Å². The Labute approximate surface area is 93.2 Å². The van der Waals surface area contributed by atoms with Crippen LogP contribution in [0.1, 0.15) is 11.1 Å². The lowest BCUT2D eigenvalue weighted by atomic mass is 10.1. The minimum Gasteiger partial charge on any atom is -0.123 e. The summed E-state index contributed by atoms with van der Waals surface area (Å²) in [5.74, 6) is 0. The summed E-state index contributed by atoms with van der Waals surface area (Å²) in [4.78, 5) is 1.29. The maximum atomic E-state index is 5.99. The van der Waals surface area contributed by atoms with Crippen LogP contribution in [0.2, 0.25) is 4.34 Å². The summed E-state index contributed by atoms with van der Waals surface area (Å²) in [6, 6.07) is 10.4. The van der Waals surface area contributed by atoms with Crippen LogP contribution in [0.3, 0.4) is 0 Å². The van der Waals surface area contributed by atoms with E-state index >= 15 is 0 Å². The molecule has 2 rings (SSSR count). The molecule has 2 aromatic rings. The summed E-state index contributed by atoms with van der Waals surface area (Å²) in [6.07, 6.45) is 0. The second-order valence-electron chi connectivity index (χ2n) is 3.38. The van der Waals surface area contributed by atoms with E-state index in [0.29, 0.717) is 0 Å². The molecule has 0 nitrogen and oxygen atoms in total. The second-order valence-corrected chi connectivity index (χ2v) is 5.06. The van der Waals surface area contributed by atoms with Gasteiger partial charge in [0.2, 0.25) is 0 Å². The van der Waals surface area contributed by atoms with Gasteiger partial charge in [0.1, 0.15) is 0 Å². The highest BCUT2D eigenvalue weighted by molar-refractivity contribution is 7.19. The Bertz CT molecular complexity index is 457. The van der Waals surface area contributed by atoms with E-state index in [1.165, 1.54) is 21.6 Å². The zero-order valence-corrected chi connectivity index (χ0v) is 9.75. The summed E-state index contributed by atoms with van der Waals surface area (Å²) in [7, 11) is 0. The maximum Gasteiger partial charge on any atom is 0.0937 e. The first-order valence-electron chi connectivity index (χ1n) is 4.50. The second kappa shape index (κ2) is 3.76. The Morgan fingerprint density at radius 3 is 2.36 bits per heavy atom. The van der Waals surface area contributed by atoms with Crippen LogP contribution >= 0.6 is 22.9 Å². The van der Waals surface area contributed by atoms with Crippen molar-refractivity contribution in [1.82, 2.24) is 0 Å². The Morgan fingerprint density at radius 2 is 1.79 bits per heavy atom. The third-order valence-electron chi connectivity index (χ3n) is 2.28.